The molecule has 0 aliphatic rings. The fraction of sp³-hybridized carbons (Fsp3) is 0.190. The summed E-state index contributed by atoms with van der Waals surface area (Å²) in [4.78, 5) is 30.3. The van der Waals surface area contributed by atoms with Crippen molar-refractivity contribution in [3.63, 3.8) is 0 Å². The minimum atomic E-state index is -0.633. The Kier molecular flexibility index (Phi) is 5.84. The van der Waals surface area contributed by atoms with Gasteiger partial charge in [0.25, 0.3) is 0 Å². The Morgan fingerprint density at radius 1 is 1.18 bits per heavy atom. The molecule has 0 fully saturated rings. The van der Waals surface area contributed by atoms with Gasteiger partial charge in [-0.25, -0.2) is 14.2 Å². The fourth-order valence-corrected chi connectivity index (χ4v) is 3.63. The van der Waals surface area contributed by atoms with Gasteiger partial charge in [0.2, 0.25) is 5.91 Å². The van der Waals surface area contributed by atoms with Gasteiger partial charge in [-0.05, 0) is 43.7 Å². The molecule has 0 atom stereocenters. The number of hydrogen-bond acceptors (Lipinski definition) is 5. The Hall–Kier alpha value is -3.06. The van der Waals surface area contributed by atoms with E-state index in [1.807, 2.05) is 32.0 Å². The summed E-state index contributed by atoms with van der Waals surface area (Å²) in [7, 11) is 0. The molecule has 0 N–H and O–H groups in total. The third-order valence-electron chi connectivity index (χ3n) is 4.05. The number of benzene rings is 2. The minimum absolute atomic E-state index is 0.0650. The van der Waals surface area contributed by atoms with E-state index in [4.69, 9.17) is 4.74 Å². The maximum absolute atomic E-state index is 13.2. The fourth-order valence-electron chi connectivity index (χ4n) is 2.77. The number of rotatable bonds is 5. The van der Waals surface area contributed by atoms with Crippen molar-refractivity contribution in [2.24, 2.45) is 0 Å². The summed E-state index contributed by atoms with van der Waals surface area (Å²) in [5.41, 5.74) is 3.48. The van der Waals surface area contributed by atoms with Crippen LogP contribution in [0.15, 0.2) is 47.8 Å². The summed E-state index contributed by atoms with van der Waals surface area (Å²) in [5.74, 6) is -1.30. The van der Waals surface area contributed by atoms with E-state index in [0.29, 0.717) is 10.8 Å². The lowest BCUT2D eigenvalue weighted by molar-refractivity contribution is -0.115. The number of hydrogen-bond donors (Lipinski definition) is 0. The van der Waals surface area contributed by atoms with Crippen LogP contribution in [0.5, 0.6) is 0 Å². The normalized spacial score (nSPS) is 10.6. The largest absolute Gasteiger partial charge is 0.456 e. The number of anilines is 2. The lowest BCUT2D eigenvalue weighted by Gasteiger charge is -2.20. The Balaban J connectivity index is 1.76. The zero-order valence-electron chi connectivity index (χ0n) is 15.7. The maximum Gasteiger partial charge on any atom is 0.338 e. The van der Waals surface area contributed by atoms with Gasteiger partial charge in [-0.1, -0.05) is 23.8 Å². The van der Waals surface area contributed by atoms with Crippen LogP contribution < -0.4 is 4.90 Å². The standard InChI is InChI=1S/C21H19FN2O3S/c1-13-7-8-19(14(2)9-13)24(15(3)25)21-23-18(12-28-21)11-27-20(26)16-5-4-6-17(22)10-16/h4-10,12H,11H2,1-3H3. The van der Waals surface area contributed by atoms with Crippen molar-refractivity contribution in [2.45, 2.75) is 27.4 Å². The molecule has 5 nitrogen and oxygen atoms in total. The van der Waals surface area contributed by atoms with Crippen molar-refractivity contribution in [3.8, 4) is 0 Å². The molecule has 0 unspecified atom stereocenters. The average Bonchev–Trinajstić information content (AvgIpc) is 3.10. The van der Waals surface area contributed by atoms with E-state index in [-0.39, 0.29) is 18.1 Å². The molecule has 0 saturated heterocycles. The van der Waals surface area contributed by atoms with Crippen molar-refractivity contribution >= 4 is 34.0 Å². The van der Waals surface area contributed by atoms with Gasteiger partial charge >= 0.3 is 5.97 Å². The van der Waals surface area contributed by atoms with E-state index in [0.717, 1.165) is 22.9 Å². The molecule has 0 bridgehead atoms. The number of halogens is 1. The molecular formula is C21H19FN2O3S. The van der Waals surface area contributed by atoms with Gasteiger partial charge in [0.1, 0.15) is 12.4 Å². The van der Waals surface area contributed by atoms with E-state index < -0.39 is 11.8 Å². The minimum Gasteiger partial charge on any atom is -0.456 e. The number of carbonyl (C=O) groups is 2. The summed E-state index contributed by atoms with van der Waals surface area (Å²) in [5, 5.41) is 2.23. The van der Waals surface area contributed by atoms with Crippen molar-refractivity contribution < 1.29 is 18.7 Å². The molecule has 0 aliphatic carbocycles. The van der Waals surface area contributed by atoms with Crippen LogP contribution in [0, 0.1) is 19.7 Å². The van der Waals surface area contributed by atoms with Gasteiger partial charge in [0.15, 0.2) is 5.13 Å². The number of aryl methyl sites for hydroxylation is 2. The molecule has 0 saturated carbocycles. The van der Waals surface area contributed by atoms with Crippen LogP contribution in [0.2, 0.25) is 0 Å². The lowest BCUT2D eigenvalue weighted by atomic mass is 10.1. The lowest BCUT2D eigenvalue weighted by Crippen LogP contribution is -2.23. The third-order valence-corrected chi connectivity index (χ3v) is 4.93. The molecule has 0 spiro atoms. The van der Waals surface area contributed by atoms with E-state index >= 15 is 0 Å². The number of nitrogens with zero attached hydrogens (tertiary/aromatic N) is 2. The second-order valence-corrected chi connectivity index (χ2v) is 7.19. The molecule has 3 rings (SSSR count). The average molecular weight is 398 g/mol. The summed E-state index contributed by atoms with van der Waals surface area (Å²) in [6.07, 6.45) is 0. The number of amides is 1. The van der Waals surface area contributed by atoms with Crippen LogP contribution in [-0.2, 0) is 16.1 Å². The number of thiazole rings is 1. The first-order valence-electron chi connectivity index (χ1n) is 8.60. The van der Waals surface area contributed by atoms with Crippen molar-refractivity contribution in [2.75, 3.05) is 4.90 Å². The Bertz CT molecular complexity index is 1030. The molecule has 28 heavy (non-hydrogen) atoms. The number of carbonyl (C=O) groups excluding carboxylic acids is 2. The van der Waals surface area contributed by atoms with Crippen LogP contribution in [-0.4, -0.2) is 16.9 Å². The summed E-state index contributed by atoms with van der Waals surface area (Å²) < 4.78 is 18.4. The van der Waals surface area contributed by atoms with E-state index in [2.05, 4.69) is 4.98 Å². The molecule has 3 aromatic rings. The highest BCUT2D eigenvalue weighted by molar-refractivity contribution is 7.14. The Morgan fingerprint density at radius 2 is 1.96 bits per heavy atom. The van der Waals surface area contributed by atoms with Crippen LogP contribution in [0.3, 0.4) is 0 Å². The smallest absolute Gasteiger partial charge is 0.338 e. The zero-order valence-corrected chi connectivity index (χ0v) is 16.5. The molecule has 0 radical (unpaired) electrons. The molecule has 1 amide bonds. The molecule has 1 aromatic heterocycles. The first-order chi connectivity index (χ1) is 13.3. The van der Waals surface area contributed by atoms with Gasteiger partial charge in [-0.2, -0.15) is 0 Å². The van der Waals surface area contributed by atoms with Gasteiger partial charge < -0.3 is 4.74 Å². The van der Waals surface area contributed by atoms with Gasteiger partial charge in [-0.3, -0.25) is 9.69 Å². The highest BCUT2D eigenvalue weighted by Gasteiger charge is 2.20. The van der Waals surface area contributed by atoms with Crippen molar-refractivity contribution in [3.05, 3.63) is 76.0 Å². The van der Waals surface area contributed by atoms with Gasteiger partial charge in [0.05, 0.1) is 16.9 Å². The van der Waals surface area contributed by atoms with Gasteiger partial charge in [0, 0.05) is 12.3 Å². The quantitative estimate of drug-likeness (QED) is 0.571. The van der Waals surface area contributed by atoms with E-state index in [1.165, 1.54) is 41.4 Å². The molecule has 144 valence electrons. The second kappa shape index (κ2) is 8.31. The molecule has 2 aromatic carbocycles. The Labute approximate surface area is 166 Å². The number of aromatic nitrogens is 1. The van der Waals surface area contributed by atoms with Crippen molar-refractivity contribution in [1.29, 1.82) is 0 Å². The summed E-state index contributed by atoms with van der Waals surface area (Å²) in [6, 6.07) is 11.1. The molecule has 1 heterocycles. The third kappa shape index (κ3) is 4.43. The number of esters is 1. The highest BCUT2D eigenvalue weighted by Crippen LogP contribution is 2.31. The SMILES string of the molecule is CC(=O)N(c1nc(COC(=O)c2cccc(F)c2)cs1)c1ccc(C)cc1C. The van der Waals surface area contributed by atoms with Crippen molar-refractivity contribution in [1.82, 2.24) is 4.98 Å². The Morgan fingerprint density at radius 3 is 2.64 bits per heavy atom. The highest BCUT2D eigenvalue weighted by atomic mass is 32.1. The molecule has 0 aliphatic heterocycles. The van der Waals surface area contributed by atoms with E-state index in [1.54, 1.807) is 5.38 Å². The molecular weight excluding hydrogens is 379 g/mol. The summed E-state index contributed by atoms with van der Waals surface area (Å²) >= 11 is 1.29. The van der Waals surface area contributed by atoms with Crippen LogP contribution in [0.4, 0.5) is 15.2 Å². The predicted molar refractivity (Wildman–Crippen MR) is 106 cm³/mol. The second-order valence-electron chi connectivity index (χ2n) is 6.35. The van der Waals surface area contributed by atoms with Crippen LogP contribution >= 0.6 is 11.3 Å². The molecule has 7 heteroatoms. The first-order valence-corrected chi connectivity index (χ1v) is 9.48. The van der Waals surface area contributed by atoms with Crippen LogP contribution in [0.25, 0.3) is 0 Å². The predicted octanol–water partition coefficient (Wildman–Crippen LogP) is 4.94. The maximum atomic E-state index is 13.2. The zero-order chi connectivity index (χ0) is 20.3. The topological polar surface area (TPSA) is 59.5 Å². The van der Waals surface area contributed by atoms with E-state index in [9.17, 15) is 14.0 Å². The van der Waals surface area contributed by atoms with Crippen LogP contribution in [0.1, 0.15) is 34.1 Å². The first kappa shape index (κ1) is 19.7. The van der Waals surface area contributed by atoms with Gasteiger partial charge in [-0.15, -0.1) is 11.3 Å². The number of ether oxygens (including phenoxy) is 1. The monoisotopic (exact) mass is 398 g/mol. The summed E-state index contributed by atoms with van der Waals surface area (Å²) in [6.45, 7) is 5.34.